The van der Waals surface area contributed by atoms with Gasteiger partial charge in [-0.15, -0.1) is 0 Å². The first-order valence-electron chi connectivity index (χ1n) is 13.2. The molecule has 3 amide bonds. The van der Waals surface area contributed by atoms with Crippen molar-refractivity contribution >= 4 is 62.6 Å². The normalized spacial score (nSPS) is 24.8. The number of esters is 1. The number of fused-ring (bicyclic) bond motifs is 5. The number of ether oxygens (including phenoxy) is 1. The second-order valence-electron chi connectivity index (χ2n) is 10.7. The molecule has 0 unspecified atom stereocenters. The zero-order valence-electron chi connectivity index (χ0n) is 21.6. The van der Waals surface area contributed by atoms with E-state index in [1.165, 1.54) is 22.6 Å². The van der Waals surface area contributed by atoms with Crippen molar-refractivity contribution in [3.05, 3.63) is 92.9 Å². The number of aryl methyl sites for hydroxylation is 1. The molecule has 9 heteroatoms. The lowest BCUT2D eigenvalue weighted by Gasteiger charge is -2.28. The number of carbonyl (C=O) groups is 4. The maximum atomic E-state index is 13.5. The van der Waals surface area contributed by atoms with E-state index in [-0.39, 0.29) is 41.0 Å². The van der Waals surface area contributed by atoms with E-state index in [9.17, 15) is 19.2 Å². The van der Waals surface area contributed by atoms with Gasteiger partial charge in [0, 0.05) is 10.2 Å². The number of hydrogen-bond acceptors (Lipinski definition) is 5. The van der Waals surface area contributed by atoms with Crippen molar-refractivity contribution < 1.29 is 23.9 Å². The summed E-state index contributed by atoms with van der Waals surface area (Å²) < 4.78 is 5.89. The van der Waals surface area contributed by atoms with Crippen molar-refractivity contribution in [1.29, 1.82) is 0 Å². The van der Waals surface area contributed by atoms with Gasteiger partial charge in [0.15, 0.2) is 6.61 Å². The minimum absolute atomic E-state index is 0.149. The van der Waals surface area contributed by atoms with Crippen molar-refractivity contribution in [3.63, 3.8) is 0 Å². The summed E-state index contributed by atoms with van der Waals surface area (Å²) in [5.74, 6) is -1.41. The highest BCUT2D eigenvalue weighted by Crippen LogP contribution is 2.61. The number of hydrogen-bond donors (Lipinski definition) is 1. The van der Waals surface area contributed by atoms with Crippen LogP contribution in [-0.2, 0) is 19.1 Å². The molecule has 1 heterocycles. The van der Waals surface area contributed by atoms with E-state index < -0.39 is 18.5 Å². The highest BCUT2D eigenvalue weighted by atomic mass is 79.9. The highest BCUT2D eigenvalue weighted by Gasteiger charge is 2.64. The first-order valence-corrected chi connectivity index (χ1v) is 14.4. The number of nitrogens with zero attached hydrogens (tertiary/aromatic N) is 1. The van der Waals surface area contributed by atoms with E-state index >= 15 is 0 Å². The van der Waals surface area contributed by atoms with Gasteiger partial charge in [-0.05, 0) is 101 Å². The smallest absolute Gasteiger partial charge is 0.338 e. The van der Waals surface area contributed by atoms with Gasteiger partial charge in [-0.25, -0.2) is 4.79 Å². The molecule has 1 aliphatic heterocycles. The number of carbonyl (C=O) groups excluding carboxylic acids is 4. The Balaban J connectivity index is 1.09. The summed E-state index contributed by atoms with van der Waals surface area (Å²) in [6.07, 6.45) is 1.84. The molecule has 7 nitrogen and oxygen atoms in total. The van der Waals surface area contributed by atoms with Gasteiger partial charge in [-0.3, -0.25) is 19.3 Å². The first-order chi connectivity index (χ1) is 19.2. The van der Waals surface area contributed by atoms with Gasteiger partial charge in [0.2, 0.25) is 11.8 Å². The van der Waals surface area contributed by atoms with E-state index in [0.717, 1.165) is 18.4 Å². The summed E-state index contributed by atoms with van der Waals surface area (Å²) in [6, 6.07) is 19.8. The maximum Gasteiger partial charge on any atom is 0.338 e. The average Bonchev–Trinajstić information content (AvgIpc) is 3.62. The molecule has 1 saturated heterocycles. The number of benzene rings is 3. The molecule has 2 bridgehead atoms. The second-order valence-corrected chi connectivity index (χ2v) is 12.0. The Morgan fingerprint density at radius 2 is 1.70 bits per heavy atom. The van der Waals surface area contributed by atoms with Gasteiger partial charge >= 0.3 is 5.97 Å². The third-order valence-electron chi connectivity index (χ3n) is 8.48. The third kappa shape index (κ3) is 4.63. The first kappa shape index (κ1) is 26.7. The topological polar surface area (TPSA) is 92.8 Å². The number of amides is 3. The lowest BCUT2D eigenvalue weighted by atomic mass is 9.73. The van der Waals surface area contributed by atoms with Crippen molar-refractivity contribution in [2.45, 2.75) is 25.7 Å². The Morgan fingerprint density at radius 1 is 1.00 bits per heavy atom. The Morgan fingerprint density at radius 3 is 2.42 bits per heavy atom. The van der Waals surface area contributed by atoms with Crippen molar-refractivity contribution in [1.82, 2.24) is 0 Å². The lowest BCUT2D eigenvalue weighted by Crippen LogP contribution is -2.33. The molecule has 3 aromatic carbocycles. The summed E-state index contributed by atoms with van der Waals surface area (Å²) in [5, 5.41) is 3.13. The van der Waals surface area contributed by atoms with Crippen LogP contribution in [0.1, 0.15) is 40.2 Å². The summed E-state index contributed by atoms with van der Waals surface area (Å²) in [4.78, 5) is 53.1. The quantitative estimate of drug-likeness (QED) is 0.264. The van der Waals surface area contributed by atoms with Crippen LogP contribution in [0.4, 0.5) is 11.4 Å². The fourth-order valence-corrected chi connectivity index (χ4v) is 7.35. The van der Waals surface area contributed by atoms with Crippen LogP contribution in [0.3, 0.4) is 0 Å². The van der Waals surface area contributed by atoms with Crippen LogP contribution in [0.2, 0.25) is 5.02 Å². The monoisotopic (exact) mass is 620 g/mol. The predicted molar refractivity (Wildman–Crippen MR) is 154 cm³/mol. The van der Waals surface area contributed by atoms with E-state index in [4.69, 9.17) is 16.3 Å². The number of nitrogens with one attached hydrogen (secondary N) is 1. The van der Waals surface area contributed by atoms with Gasteiger partial charge in [0.05, 0.1) is 28.1 Å². The SMILES string of the molecule is Cc1cc(Br)c(Cl)cc1NC(=O)COC(=O)c1ccc(N2C(=O)[C@@H]3[C@@H]4C[C@@H]([C@@H]3C2=O)[C@H](c2ccccc2)C4)cc1. The summed E-state index contributed by atoms with van der Waals surface area (Å²) >= 11 is 9.43. The van der Waals surface area contributed by atoms with Crippen LogP contribution in [0, 0.1) is 30.6 Å². The number of anilines is 2. The number of imide groups is 1. The largest absolute Gasteiger partial charge is 0.452 e. The summed E-state index contributed by atoms with van der Waals surface area (Å²) in [5.41, 5.74) is 3.21. The van der Waals surface area contributed by atoms with E-state index in [0.29, 0.717) is 26.8 Å². The molecule has 3 aromatic rings. The van der Waals surface area contributed by atoms with Crippen LogP contribution in [0.15, 0.2) is 71.2 Å². The molecular formula is C31H26BrClN2O5. The molecule has 1 N–H and O–H groups in total. The van der Waals surface area contributed by atoms with Gasteiger partial charge in [0.25, 0.3) is 5.91 Å². The highest BCUT2D eigenvalue weighted by molar-refractivity contribution is 9.10. The number of halogens is 2. The molecule has 3 fully saturated rings. The van der Waals surface area contributed by atoms with Gasteiger partial charge in [-0.1, -0.05) is 41.9 Å². The Labute approximate surface area is 245 Å². The van der Waals surface area contributed by atoms with Crippen LogP contribution >= 0.6 is 27.5 Å². The van der Waals surface area contributed by atoms with Crippen LogP contribution in [-0.4, -0.2) is 30.3 Å². The molecule has 2 saturated carbocycles. The predicted octanol–water partition coefficient (Wildman–Crippen LogP) is 6.14. The zero-order valence-corrected chi connectivity index (χ0v) is 23.9. The van der Waals surface area contributed by atoms with Crippen LogP contribution in [0.25, 0.3) is 0 Å². The molecular weight excluding hydrogens is 596 g/mol. The molecule has 40 heavy (non-hydrogen) atoms. The molecule has 5 atom stereocenters. The van der Waals surface area contributed by atoms with Crippen LogP contribution in [0.5, 0.6) is 0 Å². The van der Waals surface area contributed by atoms with E-state index in [2.05, 4.69) is 33.4 Å². The van der Waals surface area contributed by atoms with E-state index in [1.54, 1.807) is 24.3 Å². The molecule has 204 valence electrons. The van der Waals surface area contributed by atoms with Gasteiger partial charge in [-0.2, -0.15) is 0 Å². The fourth-order valence-electron chi connectivity index (χ4n) is 6.73. The summed E-state index contributed by atoms with van der Waals surface area (Å²) in [7, 11) is 0. The van der Waals surface area contributed by atoms with Crippen LogP contribution < -0.4 is 10.2 Å². The zero-order chi connectivity index (χ0) is 28.1. The van der Waals surface area contributed by atoms with Crippen molar-refractivity contribution in [2.24, 2.45) is 23.7 Å². The fraction of sp³-hybridized carbons (Fsp3) is 0.290. The maximum absolute atomic E-state index is 13.5. The minimum atomic E-state index is -0.688. The van der Waals surface area contributed by atoms with Crippen molar-refractivity contribution in [2.75, 3.05) is 16.8 Å². The van der Waals surface area contributed by atoms with Gasteiger partial charge in [0.1, 0.15) is 0 Å². The standard InChI is InChI=1S/C31H26BrClN2O5/c1-16-11-23(32)24(33)14-25(16)34-26(36)15-40-31(39)18-7-9-20(10-8-18)35-29(37)27-19-12-21(17-5-3-2-4-6-17)22(13-19)28(27)30(35)38/h2-11,14,19,21-22,27-28H,12-13,15H2,1H3,(H,34,36)/t19-,21-,22+,27+,28-/m0/s1. The van der Waals surface area contributed by atoms with Gasteiger partial charge < -0.3 is 10.1 Å². The average molecular weight is 622 g/mol. The molecule has 0 spiro atoms. The third-order valence-corrected chi connectivity index (χ3v) is 9.68. The van der Waals surface area contributed by atoms with E-state index in [1.807, 2.05) is 25.1 Å². The Kier molecular flexibility index (Phi) is 7.00. The Hall–Kier alpha value is -3.49. The Bertz CT molecular complexity index is 1530. The molecule has 0 radical (unpaired) electrons. The minimum Gasteiger partial charge on any atom is -0.452 e. The summed E-state index contributed by atoms with van der Waals surface area (Å²) in [6.45, 7) is 1.34. The second kappa shape index (κ2) is 10.5. The molecule has 3 aliphatic rings. The molecule has 0 aromatic heterocycles. The molecule has 6 rings (SSSR count). The number of rotatable bonds is 6. The lowest BCUT2D eigenvalue weighted by molar-refractivity contribution is -0.123. The van der Waals surface area contributed by atoms with Crippen molar-refractivity contribution in [3.8, 4) is 0 Å². The molecule has 2 aliphatic carbocycles.